The fourth-order valence-electron chi connectivity index (χ4n) is 2.85. The first-order valence-electron chi connectivity index (χ1n) is 5.64. The van der Waals surface area contributed by atoms with Crippen LogP contribution in [0, 0.1) is 5.92 Å². The van der Waals surface area contributed by atoms with Gasteiger partial charge >= 0.3 is 0 Å². The summed E-state index contributed by atoms with van der Waals surface area (Å²) in [5.41, 5.74) is 1.03. The van der Waals surface area contributed by atoms with Crippen LogP contribution in [0.15, 0.2) is 30.3 Å². The molecule has 1 aromatic rings. The van der Waals surface area contributed by atoms with Gasteiger partial charge in [-0.25, -0.2) is 8.78 Å². The molecule has 0 amide bonds. The van der Waals surface area contributed by atoms with Gasteiger partial charge in [-0.1, -0.05) is 37.3 Å². The maximum atomic E-state index is 13.1. The summed E-state index contributed by atoms with van der Waals surface area (Å²) in [5, 5.41) is 0. The SMILES string of the molecule is C[C@@H]1CN(C)[C@H](C(F)F)[C@H]1c1ccccc1. The molecule has 88 valence electrons. The molecule has 3 atom stereocenters. The number of nitrogens with zero attached hydrogens (tertiary/aromatic N) is 1. The van der Waals surface area contributed by atoms with E-state index in [2.05, 4.69) is 6.92 Å². The Balaban J connectivity index is 2.31. The first-order valence-corrected chi connectivity index (χ1v) is 5.64. The third kappa shape index (κ3) is 1.96. The molecule has 1 aliphatic rings. The van der Waals surface area contributed by atoms with Crippen molar-refractivity contribution in [1.82, 2.24) is 4.90 Å². The van der Waals surface area contributed by atoms with Crippen molar-refractivity contribution in [3.8, 4) is 0 Å². The van der Waals surface area contributed by atoms with Crippen molar-refractivity contribution in [3.05, 3.63) is 35.9 Å². The molecule has 0 saturated carbocycles. The quantitative estimate of drug-likeness (QED) is 0.748. The second-order valence-corrected chi connectivity index (χ2v) is 4.68. The van der Waals surface area contributed by atoms with Crippen molar-refractivity contribution in [1.29, 1.82) is 0 Å². The first kappa shape index (κ1) is 11.5. The molecule has 1 aliphatic heterocycles. The second-order valence-electron chi connectivity index (χ2n) is 4.68. The number of hydrogen-bond donors (Lipinski definition) is 0. The molecule has 0 aromatic heterocycles. The molecular weight excluding hydrogens is 208 g/mol. The van der Waals surface area contributed by atoms with E-state index in [1.807, 2.05) is 30.3 Å². The van der Waals surface area contributed by atoms with Crippen molar-refractivity contribution >= 4 is 0 Å². The minimum absolute atomic E-state index is 0.0498. The molecule has 0 aliphatic carbocycles. The Labute approximate surface area is 95.1 Å². The van der Waals surface area contributed by atoms with Gasteiger partial charge in [0.05, 0.1) is 6.04 Å². The topological polar surface area (TPSA) is 3.24 Å². The molecule has 1 aromatic carbocycles. The van der Waals surface area contributed by atoms with Gasteiger partial charge in [-0.05, 0) is 18.5 Å². The van der Waals surface area contributed by atoms with Crippen LogP contribution >= 0.6 is 0 Å². The molecular formula is C13H17F2N. The molecule has 1 saturated heterocycles. The molecule has 3 heteroatoms. The summed E-state index contributed by atoms with van der Waals surface area (Å²) in [6.07, 6.45) is -2.28. The third-order valence-corrected chi connectivity index (χ3v) is 3.51. The molecule has 0 unspecified atom stereocenters. The van der Waals surface area contributed by atoms with Crippen LogP contribution in [-0.2, 0) is 0 Å². The smallest absolute Gasteiger partial charge is 0.254 e. The number of rotatable bonds is 2. The highest BCUT2D eigenvalue weighted by Gasteiger charge is 2.43. The van der Waals surface area contributed by atoms with E-state index in [0.717, 1.165) is 12.1 Å². The Morgan fingerprint density at radius 3 is 2.44 bits per heavy atom. The Bertz CT molecular complexity index is 339. The van der Waals surface area contributed by atoms with Crippen LogP contribution in [0.4, 0.5) is 8.78 Å². The largest absolute Gasteiger partial charge is 0.297 e. The Hall–Kier alpha value is -0.960. The van der Waals surface area contributed by atoms with Crippen LogP contribution in [0.1, 0.15) is 18.4 Å². The lowest BCUT2D eigenvalue weighted by Gasteiger charge is -2.25. The Morgan fingerprint density at radius 2 is 1.88 bits per heavy atom. The zero-order valence-electron chi connectivity index (χ0n) is 9.61. The van der Waals surface area contributed by atoms with Gasteiger partial charge < -0.3 is 0 Å². The minimum Gasteiger partial charge on any atom is -0.297 e. The Kier molecular flexibility index (Phi) is 3.24. The number of likely N-dealkylation sites (tertiary alicyclic amines) is 1. The van der Waals surface area contributed by atoms with Crippen LogP contribution in [0.25, 0.3) is 0 Å². The average molecular weight is 225 g/mol. The van der Waals surface area contributed by atoms with E-state index < -0.39 is 12.5 Å². The van der Waals surface area contributed by atoms with E-state index in [4.69, 9.17) is 0 Å². The third-order valence-electron chi connectivity index (χ3n) is 3.51. The van der Waals surface area contributed by atoms with E-state index in [1.165, 1.54) is 0 Å². The summed E-state index contributed by atoms with van der Waals surface area (Å²) in [6.45, 7) is 2.80. The van der Waals surface area contributed by atoms with Gasteiger partial charge in [-0.3, -0.25) is 4.90 Å². The van der Waals surface area contributed by atoms with E-state index in [1.54, 1.807) is 11.9 Å². The molecule has 0 bridgehead atoms. The molecule has 1 nitrogen and oxygen atoms in total. The number of hydrogen-bond acceptors (Lipinski definition) is 1. The predicted octanol–water partition coefficient (Wildman–Crippen LogP) is 2.99. The summed E-state index contributed by atoms with van der Waals surface area (Å²) >= 11 is 0. The fourth-order valence-corrected chi connectivity index (χ4v) is 2.85. The minimum atomic E-state index is -2.28. The zero-order chi connectivity index (χ0) is 11.7. The molecule has 1 fully saturated rings. The number of halogens is 2. The fraction of sp³-hybridized carbons (Fsp3) is 0.538. The highest BCUT2D eigenvalue weighted by molar-refractivity contribution is 5.24. The average Bonchev–Trinajstić information content (AvgIpc) is 2.55. The molecule has 0 N–H and O–H groups in total. The van der Waals surface area contributed by atoms with Crippen molar-refractivity contribution in [2.75, 3.05) is 13.6 Å². The first-order chi connectivity index (χ1) is 7.61. The monoisotopic (exact) mass is 225 g/mol. The summed E-state index contributed by atoms with van der Waals surface area (Å²) < 4.78 is 26.1. The van der Waals surface area contributed by atoms with E-state index in [9.17, 15) is 8.78 Å². The lowest BCUT2D eigenvalue weighted by atomic mass is 9.85. The van der Waals surface area contributed by atoms with Gasteiger partial charge in [-0.15, -0.1) is 0 Å². The van der Waals surface area contributed by atoms with Crippen molar-refractivity contribution in [2.24, 2.45) is 5.92 Å². The van der Waals surface area contributed by atoms with Gasteiger partial charge in [-0.2, -0.15) is 0 Å². The van der Waals surface area contributed by atoms with E-state index in [0.29, 0.717) is 0 Å². The summed E-state index contributed by atoms with van der Waals surface area (Å²) in [7, 11) is 1.79. The van der Waals surface area contributed by atoms with Crippen LogP contribution in [0.3, 0.4) is 0 Å². The van der Waals surface area contributed by atoms with Gasteiger partial charge in [0.25, 0.3) is 6.43 Å². The van der Waals surface area contributed by atoms with Crippen LogP contribution in [-0.4, -0.2) is 31.0 Å². The van der Waals surface area contributed by atoms with E-state index >= 15 is 0 Å². The number of likely N-dealkylation sites (N-methyl/N-ethyl adjacent to an activating group) is 1. The van der Waals surface area contributed by atoms with Crippen LogP contribution in [0.5, 0.6) is 0 Å². The number of alkyl halides is 2. The van der Waals surface area contributed by atoms with Gasteiger partial charge in [0.15, 0.2) is 0 Å². The van der Waals surface area contributed by atoms with Crippen LogP contribution < -0.4 is 0 Å². The van der Waals surface area contributed by atoms with Gasteiger partial charge in [0, 0.05) is 12.5 Å². The molecule has 0 radical (unpaired) electrons. The lowest BCUT2D eigenvalue weighted by Crippen LogP contribution is -2.35. The highest BCUT2D eigenvalue weighted by Crippen LogP contribution is 2.39. The zero-order valence-corrected chi connectivity index (χ0v) is 9.61. The molecule has 2 rings (SSSR count). The standard InChI is InChI=1S/C13H17F2N/c1-9-8-16(2)12(13(14)15)11(9)10-6-4-3-5-7-10/h3-7,9,11-13H,8H2,1-2H3/t9-,11-,12+/m1/s1. The maximum absolute atomic E-state index is 13.1. The molecule has 1 heterocycles. The van der Waals surface area contributed by atoms with E-state index in [-0.39, 0.29) is 11.8 Å². The number of benzene rings is 1. The second kappa shape index (κ2) is 4.50. The normalized spacial score (nSPS) is 31.2. The molecule has 16 heavy (non-hydrogen) atoms. The van der Waals surface area contributed by atoms with Crippen LogP contribution in [0.2, 0.25) is 0 Å². The predicted molar refractivity (Wildman–Crippen MR) is 60.8 cm³/mol. The van der Waals surface area contributed by atoms with Gasteiger partial charge in [0.2, 0.25) is 0 Å². The summed E-state index contributed by atoms with van der Waals surface area (Å²) in [4.78, 5) is 1.78. The maximum Gasteiger partial charge on any atom is 0.254 e. The summed E-state index contributed by atoms with van der Waals surface area (Å²) in [6, 6.07) is 9.03. The van der Waals surface area contributed by atoms with Crippen molar-refractivity contribution in [3.63, 3.8) is 0 Å². The van der Waals surface area contributed by atoms with Gasteiger partial charge in [0.1, 0.15) is 0 Å². The summed E-state index contributed by atoms with van der Waals surface area (Å²) in [5.74, 6) is 0.234. The van der Waals surface area contributed by atoms with Crippen molar-refractivity contribution in [2.45, 2.75) is 25.3 Å². The highest BCUT2D eigenvalue weighted by atomic mass is 19.3. The van der Waals surface area contributed by atoms with Crippen molar-refractivity contribution < 1.29 is 8.78 Å². The Morgan fingerprint density at radius 1 is 1.25 bits per heavy atom. The lowest BCUT2D eigenvalue weighted by molar-refractivity contribution is 0.0510. The molecule has 0 spiro atoms.